The quantitative estimate of drug-likeness (QED) is 0.365. The van der Waals surface area contributed by atoms with Gasteiger partial charge in [-0.15, -0.1) is 0 Å². The van der Waals surface area contributed by atoms with Crippen LogP contribution in [0.15, 0.2) is 58.7 Å². The number of carbonyl (C=O) groups excluding carboxylic acids is 2. The van der Waals surface area contributed by atoms with Gasteiger partial charge in [0.1, 0.15) is 23.0 Å². The van der Waals surface area contributed by atoms with E-state index in [1.807, 2.05) is 32.0 Å². The van der Waals surface area contributed by atoms with Crippen LogP contribution in [-0.2, 0) is 0 Å². The molecule has 0 N–H and O–H groups in total. The van der Waals surface area contributed by atoms with E-state index in [-0.39, 0.29) is 11.5 Å². The molecular formula is C23H18O5. The van der Waals surface area contributed by atoms with Gasteiger partial charge in [0, 0.05) is 11.6 Å². The highest BCUT2D eigenvalue weighted by Gasteiger charge is 2.31. The predicted molar refractivity (Wildman–Crippen MR) is 104 cm³/mol. The summed E-state index contributed by atoms with van der Waals surface area (Å²) in [5.74, 6) is 1.53. The zero-order valence-corrected chi connectivity index (χ0v) is 15.7. The zero-order chi connectivity index (χ0) is 19.8. The van der Waals surface area contributed by atoms with Crippen molar-refractivity contribution in [3.05, 3.63) is 88.1 Å². The van der Waals surface area contributed by atoms with Gasteiger partial charge in [0.2, 0.25) is 5.78 Å². The first-order valence-corrected chi connectivity index (χ1v) is 8.86. The molecule has 3 aromatic rings. The van der Waals surface area contributed by atoms with E-state index in [0.29, 0.717) is 33.9 Å². The number of ketones is 1. The Bertz CT molecular complexity index is 1130. The average molecular weight is 374 g/mol. The van der Waals surface area contributed by atoms with Crippen molar-refractivity contribution in [3.63, 3.8) is 0 Å². The summed E-state index contributed by atoms with van der Waals surface area (Å²) in [7, 11) is 0. The molecule has 1 aliphatic rings. The molecule has 140 valence electrons. The summed E-state index contributed by atoms with van der Waals surface area (Å²) in [6.07, 6.45) is 1.56. The van der Waals surface area contributed by atoms with Crippen LogP contribution in [0.5, 0.6) is 11.5 Å². The van der Waals surface area contributed by atoms with Crippen LogP contribution in [0, 0.1) is 20.8 Å². The Morgan fingerprint density at radius 3 is 2.50 bits per heavy atom. The average Bonchev–Trinajstić information content (AvgIpc) is 3.22. The van der Waals surface area contributed by atoms with Crippen molar-refractivity contribution >= 4 is 17.8 Å². The van der Waals surface area contributed by atoms with Gasteiger partial charge in [-0.3, -0.25) is 4.79 Å². The number of rotatable bonds is 3. The number of hydrogen-bond donors (Lipinski definition) is 0. The second-order valence-electron chi connectivity index (χ2n) is 6.66. The molecule has 1 aromatic heterocycles. The molecule has 0 fully saturated rings. The highest BCUT2D eigenvalue weighted by molar-refractivity contribution is 6.14. The van der Waals surface area contributed by atoms with Gasteiger partial charge in [-0.2, -0.15) is 0 Å². The van der Waals surface area contributed by atoms with Gasteiger partial charge in [-0.05, 0) is 56.7 Å². The monoisotopic (exact) mass is 374 g/mol. The molecule has 0 saturated carbocycles. The molecule has 28 heavy (non-hydrogen) atoms. The minimum absolute atomic E-state index is 0.176. The van der Waals surface area contributed by atoms with Crippen molar-refractivity contribution in [1.82, 2.24) is 0 Å². The minimum Gasteiger partial charge on any atom is -0.462 e. The van der Waals surface area contributed by atoms with Crippen LogP contribution in [0.1, 0.15) is 43.4 Å². The lowest BCUT2D eigenvalue weighted by molar-refractivity contribution is 0.0732. The Balaban J connectivity index is 1.63. The number of Topliss-reactive ketones (excluding diaryl/α,β-unsaturated/α-hetero) is 1. The predicted octanol–water partition coefficient (Wildman–Crippen LogP) is 5.04. The fraction of sp³-hybridized carbons (Fsp3) is 0.130. The van der Waals surface area contributed by atoms with Crippen molar-refractivity contribution in [2.75, 3.05) is 0 Å². The molecule has 5 heteroatoms. The number of aryl methyl sites for hydroxylation is 2. The summed E-state index contributed by atoms with van der Waals surface area (Å²) >= 11 is 0. The molecule has 2 heterocycles. The maximum Gasteiger partial charge on any atom is 0.343 e. The number of furan rings is 1. The van der Waals surface area contributed by atoms with Crippen molar-refractivity contribution in [1.29, 1.82) is 0 Å². The van der Waals surface area contributed by atoms with E-state index in [1.54, 1.807) is 43.3 Å². The van der Waals surface area contributed by atoms with Crippen molar-refractivity contribution in [2.24, 2.45) is 0 Å². The fourth-order valence-electron chi connectivity index (χ4n) is 3.10. The number of hydrogen-bond acceptors (Lipinski definition) is 5. The lowest BCUT2D eigenvalue weighted by Crippen LogP contribution is -2.11. The van der Waals surface area contributed by atoms with E-state index in [0.717, 1.165) is 11.3 Å². The van der Waals surface area contributed by atoms with E-state index in [2.05, 4.69) is 0 Å². The van der Waals surface area contributed by atoms with Crippen LogP contribution in [-0.4, -0.2) is 11.8 Å². The largest absolute Gasteiger partial charge is 0.462 e. The number of esters is 1. The number of ether oxygens (including phenoxy) is 2. The van der Waals surface area contributed by atoms with Gasteiger partial charge < -0.3 is 13.9 Å². The molecule has 1 aliphatic heterocycles. The number of allylic oxidation sites excluding steroid dienone is 1. The zero-order valence-electron chi connectivity index (χ0n) is 15.7. The van der Waals surface area contributed by atoms with Crippen molar-refractivity contribution in [2.45, 2.75) is 20.8 Å². The third-order valence-electron chi connectivity index (χ3n) is 4.64. The molecule has 0 radical (unpaired) electrons. The molecule has 5 nitrogen and oxygen atoms in total. The van der Waals surface area contributed by atoms with Gasteiger partial charge in [-0.1, -0.05) is 18.2 Å². The second-order valence-corrected chi connectivity index (χ2v) is 6.66. The second kappa shape index (κ2) is 6.85. The normalized spacial score (nSPS) is 14.1. The highest BCUT2D eigenvalue weighted by atomic mass is 16.5. The van der Waals surface area contributed by atoms with Crippen LogP contribution in [0.2, 0.25) is 0 Å². The number of fused-ring (bicyclic) bond motifs is 1. The van der Waals surface area contributed by atoms with Crippen LogP contribution >= 0.6 is 0 Å². The third-order valence-corrected chi connectivity index (χ3v) is 4.64. The molecule has 2 aromatic carbocycles. The molecular weight excluding hydrogens is 356 g/mol. The lowest BCUT2D eigenvalue weighted by Gasteiger charge is -2.11. The van der Waals surface area contributed by atoms with Crippen molar-refractivity contribution in [3.8, 4) is 11.5 Å². The lowest BCUT2D eigenvalue weighted by atomic mass is 10.1. The summed E-state index contributed by atoms with van der Waals surface area (Å²) in [5.41, 5.74) is 2.35. The summed E-state index contributed by atoms with van der Waals surface area (Å²) in [6, 6.07) is 14.0. The molecule has 0 aliphatic carbocycles. The van der Waals surface area contributed by atoms with E-state index < -0.39 is 5.97 Å². The maximum absolute atomic E-state index is 12.6. The first kappa shape index (κ1) is 17.8. The SMILES string of the molecule is Cc1ccc(/C=C2\Oc3c(ccc(OC(=O)c4ccccc4C)c3C)C2=O)o1. The molecule has 0 saturated heterocycles. The Kier molecular flexibility index (Phi) is 4.35. The van der Waals surface area contributed by atoms with Crippen LogP contribution in [0.4, 0.5) is 0 Å². The Labute approximate surface area is 162 Å². The molecule has 0 atom stereocenters. The van der Waals surface area contributed by atoms with Gasteiger partial charge in [-0.25, -0.2) is 4.79 Å². The summed E-state index contributed by atoms with van der Waals surface area (Å²) in [4.78, 5) is 25.1. The molecule has 0 amide bonds. The highest BCUT2D eigenvalue weighted by Crippen LogP contribution is 2.39. The van der Waals surface area contributed by atoms with Crippen LogP contribution < -0.4 is 9.47 Å². The third kappa shape index (κ3) is 3.11. The van der Waals surface area contributed by atoms with E-state index >= 15 is 0 Å². The van der Waals surface area contributed by atoms with Gasteiger partial charge >= 0.3 is 5.97 Å². The van der Waals surface area contributed by atoms with Crippen LogP contribution in [0.3, 0.4) is 0 Å². The standard InChI is InChI=1S/C23H18O5/c1-13-6-4-5-7-17(13)23(25)28-19-11-10-18-21(24)20(27-22(18)15(19)3)12-16-9-8-14(2)26-16/h4-12H,1-3H3/b20-12-. The molecule has 0 spiro atoms. The van der Waals surface area contributed by atoms with Gasteiger partial charge in [0.05, 0.1) is 11.1 Å². The fourth-order valence-corrected chi connectivity index (χ4v) is 3.10. The van der Waals surface area contributed by atoms with E-state index in [1.165, 1.54) is 0 Å². The smallest absolute Gasteiger partial charge is 0.343 e. The first-order valence-electron chi connectivity index (χ1n) is 8.86. The Morgan fingerprint density at radius 1 is 1.00 bits per heavy atom. The summed E-state index contributed by atoms with van der Waals surface area (Å²) < 4.78 is 16.8. The molecule has 4 rings (SSSR count). The summed E-state index contributed by atoms with van der Waals surface area (Å²) in [6.45, 7) is 5.43. The van der Waals surface area contributed by atoms with E-state index in [9.17, 15) is 9.59 Å². The number of benzene rings is 2. The van der Waals surface area contributed by atoms with Gasteiger partial charge in [0.25, 0.3) is 0 Å². The molecule has 0 bridgehead atoms. The topological polar surface area (TPSA) is 65.7 Å². The first-order chi connectivity index (χ1) is 13.4. The van der Waals surface area contributed by atoms with Crippen LogP contribution in [0.25, 0.3) is 6.08 Å². The Hall–Kier alpha value is -3.60. The van der Waals surface area contributed by atoms with Gasteiger partial charge in [0.15, 0.2) is 5.76 Å². The Morgan fingerprint density at radius 2 is 1.79 bits per heavy atom. The van der Waals surface area contributed by atoms with E-state index in [4.69, 9.17) is 13.9 Å². The minimum atomic E-state index is -0.452. The number of carbonyl (C=O) groups is 2. The maximum atomic E-state index is 12.6. The summed E-state index contributed by atoms with van der Waals surface area (Å²) in [5, 5.41) is 0. The van der Waals surface area contributed by atoms with Crippen molar-refractivity contribution < 1.29 is 23.5 Å². The molecule has 0 unspecified atom stereocenters.